The summed E-state index contributed by atoms with van der Waals surface area (Å²) >= 11 is 7.09. The van der Waals surface area contributed by atoms with Gasteiger partial charge in [0.15, 0.2) is 0 Å². The molecule has 18 heavy (non-hydrogen) atoms. The summed E-state index contributed by atoms with van der Waals surface area (Å²) < 4.78 is 37.7. The van der Waals surface area contributed by atoms with E-state index in [1.54, 1.807) is 11.6 Å². The first kappa shape index (κ1) is 13.2. The molecule has 0 unspecified atom stereocenters. The van der Waals surface area contributed by atoms with Crippen LogP contribution in [0.1, 0.15) is 10.6 Å². The third-order valence-electron chi connectivity index (χ3n) is 2.15. The van der Waals surface area contributed by atoms with Crippen molar-refractivity contribution in [3.63, 3.8) is 0 Å². The molecule has 0 bridgehead atoms. The normalized spacial score (nSPS) is 11.6. The van der Waals surface area contributed by atoms with Crippen LogP contribution in [0.4, 0.5) is 18.9 Å². The number of anilines is 1. The maximum absolute atomic E-state index is 12.6. The molecule has 0 saturated carbocycles. The molecule has 0 aliphatic heterocycles. The van der Waals surface area contributed by atoms with Crippen molar-refractivity contribution in [3.8, 4) is 0 Å². The molecule has 0 aliphatic carbocycles. The number of alkyl halides is 3. The second-order valence-corrected chi connectivity index (χ2v) is 4.92. The first-order chi connectivity index (χ1) is 8.45. The Morgan fingerprint density at radius 1 is 1.28 bits per heavy atom. The van der Waals surface area contributed by atoms with E-state index in [-0.39, 0.29) is 5.02 Å². The number of aromatic nitrogens is 1. The largest absolute Gasteiger partial charge is 0.416 e. The third kappa shape index (κ3) is 3.36. The average molecular weight is 293 g/mol. The fourth-order valence-corrected chi connectivity index (χ4v) is 2.16. The van der Waals surface area contributed by atoms with Gasteiger partial charge in [-0.15, -0.1) is 11.3 Å². The van der Waals surface area contributed by atoms with E-state index in [9.17, 15) is 13.2 Å². The van der Waals surface area contributed by atoms with Crippen molar-refractivity contribution in [3.05, 3.63) is 45.4 Å². The van der Waals surface area contributed by atoms with Crippen LogP contribution in [0, 0.1) is 0 Å². The summed E-state index contributed by atoms with van der Waals surface area (Å²) in [6, 6.07) is 3.38. The highest BCUT2D eigenvalue weighted by Crippen LogP contribution is 2.33. The van der Waals surface area contributed by atoms with E-state index in [1.807, 2.05) is 0 Å². The molecule has 7 heteroatoms. The first-order valence-electron chi connectivity index (χ1n) is 4.95. The molecule has 0 saturated heterocycles. The number of benzene rings is 1. The van der Waals surface area contributed by atoms with Gasteiger partial charge in [-0.1, -0.05) is 11.6 Å². The fourth-order valence-electron chi connectivity index (χ4n) is 1.37. The van der Waals surface area contributed by atoms with Crippen LogP contribution in [0.15, 0.2) is 29.8 Å². The Kier molecular flexibility index (Phi) is 3.77. The maximum atomic E-state index is 12.6. The highest BCUT2D eigenvalue weighted by molar-refractivity contribution is 7.09. The van der Waals surface area contributed by atoms with Gasteiger partial charge in [-0.3, -0.25) is 0 Å². The summed E-state index contributed by atoms with van der Waals surface area (Å²) in [4.78, 5) is 4.03. The zero-order chi connectivity index (χ0) is 13.2. The van der Waals surface area contributed by atoms with Crippen LogP contribution in [-0.4, -0.2) is 4.98 Å². The van der Waals surface area contributed by atoms with Crippen molar-refractivity contribution < 1.29 is 13.2 Å². The van der Waals surface area contributed by atoms with Gasteiger partial charge in [0.05, 0.1) is 12.1 Å². The third-order valence-corrected chi connectivity index (χ3v) is 3.15. The lowest BCUT2D eigenvalue weighted by Gasteiger charge is -2.10. The lowest BCUT2D eigenvalue weighted by Crippen LogP contribution is -2.06. The second-order valence-electron chi connectivity index (χ2n) is 3.51. The lowest BCUT2D eigenvalue weighted by atomic mass is 10.2. The van der Waals surface area contributed by atoms with Gasteiger partial charge < -0.3 is 5.32 Å². The monoisotopic (exact) mass is 292 g/mol. The van der Waals surface area contributed by atoms with E-state index < -0.39 is 11.7 Å². The minimum Gasteiger partial charge on any atom is -0.378 e. The Morgan fingerprint density at radius 3 is 2.67 bits per heavy atom. The molecule has 1 aromatic carbocycles. The topological polar surface area (TPSA) is 24.9 Å². The van der Waals surface area contributed by atoms with Crippen LogP contribution in [0.3, 0.4) is 0 Å². The van der Waals surface area contributed by atoms with Gasteiger partial charge in [-0.25, -0.2) is 4.98 Å². The van der Waals surface area contributed by atoms with E-state index >= 15 is 0 Å². The van der Waals surface area contributed by atoms with Gasteiger partial charge in [0.1, 0.15) is 5.01 Å². The van der Waals surface area contributed by atoms with Crippen LogP contribution in [-0.2, 0) is 12.7 Å². The molecule has 2 aromatic rings. The van der Waals surface area contributed by atoms with Gasteiger partial charge in [0.25, 0.3) is 0 Å². The highest BCUT2D eigenvalue weighted by Gasteiger charge is 2.31. The molecule has 1 aromatic heterocycles. The van der Waals surface area contributed by atoms with E-state index in [1.165, 1.54) is 17.4 Å². The minimum atomic E-state index is -4.40. The predicted octanol–water partition coefficient (Wildman–Crippen LogP) is 4.43. The molecule has 0 spiro atoms. The molecule has 0 atom stereocenters. The molecule has 96 valence electrons. The summed E-state index contributed by atoms with van der Waals surface area (Å²) in [7, 11) is 0. The van der Waals surface area contributed by atoms with Crippen molar-refractivity contribution in [2.45, 2.75) is 12.7 Å². The Balaban J connectivity index is 2.15. The number of thiazole rings is 1. The van der Waals surface area contributed by atoms with Crippen molar-refractivity contribution in [1.29, 1.82) is 0 Å². The number of nitrogens with zero attached hydrogens (tertiary/aromatic N) is 1. The number of hydrogen-bond donors (Lipinski definition) is 1. The number of nitrogens with one attached hydrogen (secondary N) is 1. The second kappa shape index (κ2) is 5.16. The van der Waals surface area contributed by atoms with E-state index in [0.29, 0.717) is 12.2 Å². The molecule has 0 fully saturated rings. The van der Waals surface area contributed by atoms with Gasteiger partial charge >= 0.3 is 6.18 Å². The lowest BCUT2D eigenvalue weighted by molar-refractivity contribution is -0.137. The molecular weight excluding hydrogens is 285 g/mol. The van der Waals surface area contributed by atoms with E-state index in [0.717, 1.165) is 17.1 Å². The molecule has 0 amide bonds. The summed E-state index contributed by atoms with van der Waals surface area (Å²) in [5.74, 6) is 0. The van der Waals surface area contributed by atoms with Crippen LogP contribution in [0.25, 0.3) is 0 Å². The molecule has 1 heterocycles. The summed E-state index contributed by atoms with van der Waals surface area (Å²) in [5, 5.41) is 5.51. The molecule has 0 aliphatic rings. The van der Waals surface area contributed by atoms with Crippen molar-refractivity contribution in [2.24, 2.45) is 0 Å². The SMILES string of the molecule is FC(F)(F)c1cc(Cl)cc(NCc2nccs2)c1. The Morgan fingerprint density at radius 2 is 2.06 bits per heavy atom. The molecule has 2 rings (SSSR count). The van der Waals surface area contributed by atoms with E-state index in [2.05, 4.69) is 10.3 Å². The zero-order valence-corrected chi connectivity index (χ0v) is 10.5. The van der Waals surface area contributed by atoms with Crippen LogP contribution >= 0.6 is 22.9 Å². The average Bonchev–Trinajstić information content (AvgIpc) is 2.77. The number of hydrogen-bond acceptors (Lipinski definition) is 3. The highest BCUT2D eigenvalue weighted by atomic mass is 35.5. The Labute approximate surface area is 110 Å². The molecule has 1 N–H and O–H groups in total. The fraction of sp³-hybridized carbons (Fsp3) is 0.182. The molecular formula is C11H8ClF3N2S. The minimum absolute atomic E-state index is 0.0477. The molecule has 0 radical (unpaired) electrons. The van der Waals surface area contributed by atoms with Crippen LogP contribution in [0.2, 0.25) is 5.02 Å². The zero-order valence-electron chi connectivity index (χ0n) is 8.96. The van der Waals surface area contributed by atoms with Gasteiger partial charge in [-0.05, 0) is 18.2 Å². The quantitative estimate of drug-likeness (QED) is 0.905. The standard InChI is InChI=1S/C11H8ClF3N2S/c12-8-3-7(11(13,14)15)4-9(5-8)17-6-10-16-1-2-18-10/h1-5,17H,6H2. The number of halogens is 4. The van der Waals surface area contributed by atoms with Gasteiger partial charge in [-0.2, -0.15) is 13.2 Å². The molecule has 2 nitrogen and oxygen atoms in total. The van der Waals surface area contributed by atoms with Gasteiger partial charge in [0, 0.05) is 22.3 Å². The number of rotatable bonds is 3. The van der Waals surface area contributed by atoms with Crippen molar-refractivity contribution in [2.75, 3.05) is 5.32 Å². The Hall–Kier alpha value is -1.27. The van der Waals surface area contributed by atoms with Crippen molar-refractivity contribution in [1.82, 2.24) is 4.98 Å². The first-order valence-corrected chi connectivity index (χ1v) is 6.21. The van der Waals surface area contributed by atoms with E-state index in [4.69, 9.17) is 11.6 Å². The Bertz CT molecular complexity index is 526. The maximum Gasteiger partial charge on any atom is 0.416 e. The summed E-state index contributed by atoms with van der Waals surface area (Å²) in [5.41, 5.74) is -0.443. The van der Waals surface area contributed by atoms with Crippen molar-refractivity contribution >= 4 is 28.6 Å². The summed E-state index contributed by atoms with van der Waals surface area (Å²) in [6.45, 7) is 0.370. The summed E-state index contributed by atoms with van der Waals surface area (Å²) in [6.07, 6.45) is -2.76. The smallest absolute Gasteiger partial charge is 0.378 e. The predicted molar refractivity (Wildman–Crippen MR) is 65.9 cm³/mol. The van der Waals surface area contributed by atoms with Gasteiger partial charge in [0.2, 0.25) is 0 Å². The van der Waals surface area contributed by atoms with Crippen LogP contribution < -0.4 is 5.32 Å². The van der Waals surface area contributed by atoms with Crippen LogP contribution in [0.5, 0.6) is 0 Å².